The van der Waals surface area contributed by atoms with E-state index in [0.29, 0.717) is 12.4 Å². The molecule has 1 aromatic heterocycles. The molecule has 1 aromatic rings. The Morgan fingerprint density at radius 3 is 2.64 bits per heavy atom. The summed E-state index contributed by atoms with van der Waals surface area (Å²) in [4.78, 5) is 25.2. The van der Waals surface area contributed by atoms with Crippen LogP contribution in [0.3, 0.4) is 0 Å². The van der Waals surface area contributed by atoms with E-state index < -0.39 is 5.60 Å². The summed E-state index contributed by atoms with van der Waals surface area (Å²) in [6.45, 7) is 6.51. The molecule has 120 valence electrons. The number of hydrogen-bond acceptors (Lipinski definition) is 5. The van der Waals surface area contributed by atoms with Crippen molar-refractivity contribution >= 4 is 11.9 Å². The number of hydrogen-bond donors (Lipinski definition) is 1. The third kappa shape index (κ3) is 2.79. The number of aryl methyl sites for hydroxylation is 2. The Bertz CT molecular complexity index is 571. The van der Waals surface area contributed by atoms with Gasteiger partial charge < -0.3 is 14.9 Å². The van der Waals surface area contributed by atoms with Gasteiger partial charge in [0.05, 0.1) is 6.54 Å². The number of likely N-dealkylation sites (tertiary alicyclic amines) is 1. The van der Waals surface area contributed by atoms with E-state index in [1.807, 2.05) is 18.7 Å². The number of carbonyl (C=O) groups excluding carboxylic acids is 1. The van der Waals surface area contributed by atoms with Crippen molar-refractivity contribution in [3.05, 3.63) is 17.5 Å². The Labute approximate surface area is 131 Å². The zero-order valence-corrected chi connectivity index (χ0v) is 13.4. The third-order valence-electron chi connectivity index (χ3n) is 4.76. The molecule has 1 amide bonds. The van der Waals surface area contributed by atoms with Gasteiger partial charge in [-0.15, -0.1) is 0 Å². The van der Waals surface area contributed by atoms with Gasteiger partial charge in [0.2, 0.25) is 5.95 Å². The molecular weight excluding hydrogens is 280 g/mol. The fourth-order valence-electron chi connectivity index (χ4n) is 3.26. The van der Waals surface area contributed by atoms with E-state index in [4.69, 9.17) is 0 Å². The van der Waals surface area contributed by atoms with Crippen molar-refractivity contribution in [1.82, 2.24) is 14.9 Å². The van der Waals surface area contributed by atoms with Gasteiger partial charge in [-0.2, -0.15) is 0 Å². The quantitative estimate of drug-likeness (QED) is 0.884. The lowest BCUT2D eigenvalue weighted by atomic mass is 9.91. The second-order valence-corrected chi connectivity index (χ2v) is 6.49. The number of amides is 1. The average molecular weight is 304 g/mol. The van der Waals surface area contributed by atoms with Crippen LogP contribution in [-0.2, 0) is 4.79 Å². The molecule has 0 saturated carbocycles. The normalized spacial score (nSPS) is 25.6. The molecular formula is C16H24N4O2. The number of carbonyl (C=O) groups is 1. The van der Waals surface area contributed by atoms with Crippen molar-refractivity contribution < 1.29 is 9.90 Å². The highest BCUT2D eigenvalue weighted by molar-refractivity contribution is 5.86. The minimum absolute atomic E-state index is 0.126. The summed E-state index contributed by atoms with van der Waals surface area (Å²) in [7, 11) is 0. The van der Waals surface area contributed by atoms with E-state index in [2.05, 4.69) is 9.97 Å². The van der Waals surface area contributed by atoms with E-state index in [0.717, 1.165) is 50.2 Å². The molecule has 1 atom stereocenters. The number of nitrogens with zero attached hydrogens (tertiary/aromatic N) is 4. The molecule has 6 nitrogen and oxygen atoms in total. The summed E-state index contributed by atoms with van der Waals surface area (Å²) in [5, 5.41) is 10.9. The Morgan fingerprint density at radius 2 is 1.95 bits per heavy atom. The fraction of sp³-hybridized carbons (Fsp3) is 0.688. The van der Waals surface area contributed by atoms with E-state index in [1.54, 1.807) is 11.1 Å². The summed E-state index contributed by atoms with van der Waals surface area (Å²) >= 11 is 0. The lowest BCUT2D eigenvalue weighted by molar-refractivity contribution is -0.151. The third-order valence-corrected chi connectivity index (χ3v) is 4.76. The van der Waals surface area contributed by atoms with Crippen molar-refractivity contribution in [3.63, 3.8) is 0 Å². The number of aromatic nitrogens is 2. The van der Waals surface area contributed by atoms with Crippen LogP contribution >= 0.6 is 0 Å². The lowest BCUT2D eigenvalue weighted by Crippen LogP contribution is -2.58. The van der Waals surface area contributed by atoms with Crippen LogP contribution in [0, 0.1) is 13.8 Å². The second kappa shape index (κ2) is 5.83. The molecule has 22 heavy (non-hydrogen) atoms. The standard InChI is InChI=1S/C16H24N4O2/c1-12-10-17-15(18-13(12)2)20-9-5-6-16(22,11-20)14(21)19-7-3-4-8-19/h10,22H,3-9,11H2,1-2H3. The SMILES string of the molecule is Cc1cnc(N2CCCC(O)(C(=O)N3CCCC3)C2)nc1C. The van der Waals surface area contributed by atoms with Gasteiger partial charge >= 0.3 is 0 Å². The summed E-state index contributed by atoms with van der Waals surface area (Å²) in [5.41, 5.74) is 0.680. The maximum Gasteiger partial charge on any atom is 0.256 e. The highest BCUT2D eigenvalue weighted by Crippen LogP contribution is 2.27. The van der Waals surface area contributed by atoms with Gasteiger partial charge in [0.15, 0.2) is 5.60 Å². The molecule has 2 fully saturated rings. The van der Waals surface area contributed by atoms with Crippen molar-refractivity contribution in [3.8, 4) is 0 Å². The predicted molar refractivity (Wildman–Crippen MR) is 83.7 cm³/mol. The molecule has 3 rings (SSSR count). The van der Waals surface area contributed by atoms with Crippen molar-refractivity contribution in [2.45, 2.75) is 45.1 Å². The monoisotopic (exact) mass is 304 g/mol. The first-order valence-electron chi connectivity index (χ1n) is 8.06. The molecule has 1 unspecified atom stereocenters. The van der Waals surface area contributed by atoms with Crippen LogP contribution in [0.2, 0.25) is 0 Å². The van der Waals surface area contributed by atoms with Gasteiger partial charge in [0, 0.05) is 31.5 Å². The molecule has 6 heteroatoms. The first-order valence-corrected chi connectivity index (χ1v) is 8.06. The number of aliphatic hydroxyl groups is 1. The van der Waals surface area contributed by atoms with E-state index in [9.17, 15) is 9.90 Å². The van der Waals surface area contributed by atoms with Gasteiger partial charge in [0.25, 0.3) is 5.91 Å². The predicted octanol–water partition coefficient (Wildman–Crippen LogP) is 1.05. The summed E-state index contributed by atoms with van der Waals surface area (Å²) < 4.78 is 0. The first kappa shape index (κ1) is 15.2. The summed E-state index contributed by atoms with van der Waals surface area (Å²) in [5.74, 6) is 0.481. The molecule has 0 aliphatic carbocycles. The molecule has 0 aromatic carbocycles. The summed E-state index contributed by atoms with van der Waals surface area (Å²) in [6, 6.07) is 0. The largest absolute Gasteiger partial charge is 0.378 e. The second-order valence-electron chi connectivity index (χ2n) is 6.49. The number of rotatable bonds is 2. The molecule has 2 saturated heterocycles. The Morgan fingerprint density at radius 1 is 1.23 bits per heavy atom. The van der Waals surface area contributed by atoms with Crippen LogP contribution < -0.4 is 4.90 Å². The Kier molecular flexibility index (Phi) is 4.04. The molecule has 3 heterocycles. The number of piperidine rings is 1. The van der Waals surface area contributed by atoms with Crippen molar-refractivity contribution in [1.29, 1.82) is 0 Å². The lowest BCUT2D eigenvalue weighted by Gasteiger charge is -2.40. The molecule has 0 spiro atoms. The smallest absolute Gasteiger partial charge is 0.256 e. The van der Waals surface area contributed by atoms with Crippen LogP contribution in [0.5, 0.6) is 0 Å². The van der Waals surface area contributed by atoms with Gasteiger partial charge in [0.1, 0.15) is 0 Å². The van der Waals surface area contributed by atoms with Gasteiger partial charge in [-0.05, 0) is 45.1 Å². The van der Waals surface area contributed by atoms with Crippen LogP contribution in [0.25, 0.3) is 0 Å². The topological polar surface area (TPSA) is 69.6 Å². The molecule has 0 radical (unpaired) electrons. The molecule has 2 aliphatic rings. The molecule has 0 bridgehead atoms. The van der Waals surface area contributed by atoms with E-state index in [-0.39, 0.29) is 12.5 Å². The first-order chi connectivity index (χ1) is 10.5. The maximum absolute atomic E-state index is 12.6. The van der Waals surface area contributed by atoms with Crippen molar-refractivity contribution in [2.75, 3.05) is 31.1 Å². The van der Waals surface area contributed by atoms with Crippen LogP contribution in [0.15, 0.2) is 6.20 Å². The Hall–Kier alpha value is -1.69. The van der Waals surface area contributed by atoms with Gasteiger partial charge in [-0.1, -0.05) is 0 Å². The minimum atomic E-state index is -1.30. The van der Waals surface area contributed by atoms with Gasteiger partial charge in [-0.3, -0.25) is 4.79 Å². The number of anilines is 1. The van der Waals surface area contributed by atoms with Gasteiger partial charge in [-0.25, -0.2) is 9.97 Å². The molecule has 1 N–H and O–H groups in total. The minimum Gasteiger partial charge on any atom is -0.378 e. The van der Waals surface area contributed by atoms with E-state index in [1.165, 1.54) is 0 Å². The zero-order chi connectivity index (χ0) is 15.7. The highest BCUT2D eigenvalue weighted by atomic mass is 16.3. The van der Waals surface area contributed by atoms with Crippen molar-refractivity contribution in [2.24, 2.45) is 0 Å². The zero-order valence-electron chi connectivity index (χ0n) is 13.4. The van der Waals surface area contributed by atoms with Crippen LogP contribution in [0.1, 0.15) is 36.9 Å². The fourth-order valence-corrected chi connectivity index (χ4v) is 3.26. The van der Waals surface area contributed by atoms with Crippen LogP contribution in [-0.4, -0.2) is 57.7 Å². The summed E-state index contributed by atoms with van der Waals surface area (Å²) in [6.07, 6.45) is 5.15. The van der Waals surface area contributed by atoms with E-state index >= 15 is 0 Å². The average Bonchev–Trinajstić information content (AvgIpc) is 3.03. The Balaban J connectivity index is 1.77. The molecule has 2 aliphatic heterocycles. The maximum atomic E-state index is 12.6. The number of β-amino-alcohol motifs (C(OH)–C–C–N with tert-alkyl or cyclic N) is 1. The highest BCUT2D eigenvalue weighted by Gasteiger charge is 2.43. The van der Waals surface area contributed by atoms with Crippen LogP contribution in [0.4, 0.5) is 5.95 Å².